The maximum atomic E-state index is 12.5. The average Bonchev–Trinajstić information content (AvgIpc) is 3.02. The molecule has 2 aromatic carbocycles. The van der Waals surface area contributed by atoms with Crippen LogP contribution in [0, 0.1) is 0 Å². The van der Waals surface area contributed by atoms with E-state index in [9.17, 15) is 13.2 Å². The third kappa shape index (κ3) is 3.11. The highest BCUT2D eigenvalue weighted by Gasteiger charge is 2.20. The number of sulfone groups is 1. The summed E-state index contributed by atoms with van der Waals surface area (Å²) in [5, 5.41) is 2.75. The Balaban J connectivity index is 1.95. The molecule has 0 aliphatic heterocycles. The van der Waals surface area contributed by atoms with Crippen molar-refractivity contribution >= 4 is 43.0 Å². The van der Waals surface area contributed by atoms with E-state index in [0.29, 0.717) is 5.69 Å². The molecule has 0 fully saturated rings. The van der Waals surface area contributed by atoms with Gasteiger partial charge in [0.15, 0.2) is 9.84 Å². The monoisotopic (exact) mass is 346 g/mol. The van der Waals surface area contributed by atoms with E-state index < -0.39 is 15.7 Å². The molecule has 0 bridgehead atoms. The van der Waals surface area contributed by atoms with Gasteiger partial charge in [-0.2, -0.15) is 0 Å². The molecule has 3 aromatic rings. The number of carbonyl (C=O) groups is 1. The largest absolute Gasteiger partial charge is 0.322 e. The third-order valence-electron chi connectivity index (χ3n) is 3.44. The summed E-state index contributed by atoms with van der Waals surface area (Å²) in [6, 6.07) is 11.6. The highest BCUT2D eigenvalue weighted by Crippen LogP contribution is 2.23. The van der Waals surface area contributed by atoms with Gasteiger partial charge in [-0.05, 0) is 30.3 Å². The zero-order valence-corrected chi connectivity index (χ0v) is 13.9. The van der Waals surface area contributed by atoms with E-state index in [-0.39, 0.29) is 16.2 Å². The summed E-state index contributed by atoms with van der Waals surface area (Å²) in [5.41, 5.74) is 3.36. The van der Waals surface area contributed by atoms with Gasteiger partial charge in [-0.1, -0.05) is 19.1 Å². The van der Waals surface area contributed by atoms with Crippen molar-refractivity contribution in [2.24, 2.45) is 0 Å². The van der Waals surface area contributed by atoms with Gasteiger partial charge in [-0.15, -0.1) is 11.3 Å². The zero-order valence-electron chi connectivity index (χ0n) is 12.3. The van der Waals surface area contributed by atoms with Crippen LogP contribution in [0.4, 0.5) is 5.69 Å². The van der Waals surface area contributed by atoms with Crippen LogP contribution >= 0.6 is 11.3 Å². The molecule has 1 N–H and O–H groups in total. The summed E-state index contributed by atoms with van der Waals surface area (Å²) < 4.78 is 25.2. The second kappa shape index (κ2) is 6.10. The van der Waals surface area contributed by atoms with E-state index in [4.69, 9.17) is 0 Å². The van der Waals surface area contributed by atoms with Gasteiger partial charge in [0, 0.05) is 5.69 Å². The molecule has 0 saturated heterocycles. The van der Waals surface area contributed by atoms with E-state index in [1.807, 2.05) is 12.1 Å². The average molecular weight is 346 g/mol. The Kier molecular flexibility index (Phi) is 4.14. The minimum Gasteiger partial charge on any atom is -0.322 e. The van der Waals surface area contributed by atoms with Gasteiger partial charge < -0.3 is 5.32 Å². The van der Waals surface area contributed by atoms with Crippen molar-refractivity contribution in [3.05, 3.63) is 53.5 Å². The van der Waals surface area contributed by atoms with E-state index in [0.717, 1.165) is 10.2 Å². The smallest absolute Gasteiger partial charge is 0.256 e. The summed E-state index contributed by atoms with van der Waals surface area (Å²) >= 11 is 1.48. The Morgan fingerprint density at radius 1 is 1.22 bits per heavy atom. The van der Waals surface area contributed by atoms with Gasteiger partial charge in [0.05, 0.1) is 31.9 Å². The van der Waals surface area contributed by atoms with Crippen molar-refractivity contribution < 1.29 is 13.2 Å². The fourth-order valence-corrected chi connectivity index (χ4v) is 4.02. The zero-order chi connectivity index (χ0) is 16.4. The highest BCUT2D eigenvalue weighted by atomic mass is 32.2. The fraction of sp³-hybridized carbons (Fsp3) is 0.125. The summed E-state index contributed by atoms with van der Waals surface area (Å²) in [5.74, 6) is -0.495. The first kappa shape index (κ1) is 15.6. The lowest BCUT2D eigenvalue weighted by Crippen LogP contribution is -2.17. The van der Waals surface area contributed by atoms with Gasteiger partial charge in [0.25, 0.3) is 5.91 Å². The lowest BCUT2D eigenvalue weighted by molar-refractivity contribution is 0.102. The van der Waals surface area contributed by atoms with Crippen LogP contribution in [0.3, 0.4) is 0 Å². The van der Waals surface area contributed by atoms with Gasteiger partial charge in [0.1, 0.15) is 0 Å². The number of anilines is 1. The Hall–Kier alpha value is -2.25. The van der Waals surface area contributed by atoms with Crippen LogP contribution in [0.25, 0.3) is 10.2 Å². The van der Waals surface area contributed by atoms with E-state index in [2.05, 4.69) is 10.3 Å². The molecule has 7 heteroatoms. The molecule has 5 nitrogen and oxygen atoms in total. The molecule has 0 atom stereocenters. The number of benzene rings is 2. The first-order valence-electron chi connectivity index (χ1n) is 6.97. The summed E-state index contributed by atoms with van der Waals surface area (Å²) in [6.07, 6.45) is 0. The molecular formula is C16H14N2O3S2. The van der Waals surface area contributed by atoms with Gasteiger partial charge in [-0.25, -0.2) is 13.4 Å². The van der Waals surface area contributed by atoms with Crippen molar-refractivity contribution in [1.82, 2.24) is 4.98 Å². The maximum absolute atomic E-state index is 12.5. The molecule has 1 amide bonds. The number of fused-ring (bicyclic) bond motifs is 1. The topological polar surface area (TPSA) is 76.1 Å². The quantitative estimate of drug-likeness (QED) is 0.786. The number of nitrogens with one attached hydrogen (secondary N) is 1. The van der Waals surface area contributed by atoms with Crippen LogP contribution in [-0.4, -0.2) is 25.1 Å². The lowest BCUT2D eigenvalue weighted by atomic mass is 10.2. The number of thiazole rings is 1. The van der Waals surface area contributed by atoms with Crippen molar-refractivity contribution in [2.45, 2.75) is 11.8 Å². The number of hydrogen-bond donors (Lipinski definition) is 1. The number of nitrogens with zero attached hydrogens (tertiary/aromatic N) is 1. The second-order valence-corrected chi connectivity index (χ2v) is 8.02. The predicted octanol–water partition coefficient (Wildman–Crippen LogP) is 3.34. The van der Waals surface area contributed by atoms with Crippen LogP contribution in [0.5, 0.6) is 0 Å². The Morgan fingerprint density at radius 3 is 2.78 bits per heavy atom. The molecular weight excluding hydrogens is 332 g/mol. The molecule has 0 spiro atoms. The first-order chi connectivity index (χ1) is 11.0. The summed E-state index contributed by atoms with van der Waals surface area (Å²) in [4.78, 5) is 16.7. The first-order valence-corrected chi connectivity index (χ1v) is 9.51. The van der Waals surface area contributed by atoms with E-state index in [1.165, 1.54) is 23.5 Å². The summed E-state index contributed by atoms with van der Waals surface area (Å²) in [7, 11) is -3.46. The number of amides is 1. The van der Waals surface area contributed by atoms with Crippen LogP contribution in [-0.2, 0) is 9.84 Å². The van der Waals surface area contributed by atoms with Crippen molar-refractivity contribution in [2.75, 3.05) is 11.1 Å². The number of aromatic nitrogens is 1. The molecule has 1 heterocycles. The SMILES string of the molecule is CCS(=O)(=O)c1ccccc1C(=O)Nc1ccc2ncsc2c1. The molecule has 0 aliphatic rings. The van der Waals surface area contributed by atoms with Crippen molar-refractivity contribution in [3.63, 3.8) is 0 Å². The normalized spacial score (nSPS) is 11.5. The van der Waals surface area contributed by atoms with Gasteiger partial charge in [-0.3, -0.25) is 4.79 Å². The maximum Gasteiger partial charge on any atom is 0.256 e. The highest BCUT2D eigenvalue weighted by molar-refractivity contribution is 7.91. The Labute approximate surface area is 137 Å². The number of rotatable bonds is 4. The molecule has 23 heavy (non-hydrogen) atoms. The fourth-order valence-electron chi connectivity index (χ4n) is 2.21. The lowest BCUT2D eigenvalue weighted by Gasteiger charge is -2.10. The third-order valence-corrected chi connectivity index (χ3v) is 6.01. The molecule has 0 radical (unpaired) electrons. The molecule has 118 valence electrons. The summed E-state index contributed by atoms with van der Waals surface area (Å²) in [6.45, 7) is 1.56. The Morgan fingerprint density at radius 2 is 2.00 bits per heavy atom. The van der Waals surface area contributed by atoms with Gasteiger partial charge in [0.2, 0.25) is 0 Å². The molecule has 3 rings (SSSR count). The Bertz CT molecular complexity index is 978. The number of carbonyl (C=O) groups excluding carboxylic acids is 1. The van der Waals surface area contributed by atoms with E-state index in [1.54, 1.807) is 30.6 Å². The second-order valence-electron chi connectivity index (χ2n) is 4.89. The predicted molar refractivity (Wildman–Crippen MR) is 91.7 cm³/mol. The van der Waals surface area contributed by atoms with E-state index >= 15 is 0 Å². The van der Waals surface area contributed by atoms with Crippen LogP contribution in [0.1, 0.15) is 17.3 Å². The van der Waals surface area contributed by atoms with Crippen LogP contribution < -0.4 is 5.32 Å². The standard InChI is InChI=1S/C16H14N2O3S2/c1-2-23(20,21)15-6-4-3-5-12(15)16(19)18-11-7-8-13-14(9-11)22-10-17-13/h3-10H,2H2,1H3,(H,18,19). The van der Waals surface area contributed by atoms with Crippen molar-refractivity contribution in [1.29, 1.82) is 0 Å². The molecule has 0 saturated carbocycles. The minimum atomic E-state index is -3.46. The molecule has 0 aliphatic carbocycles. The van der Waals surface area contributed by atoms with Crippen LogP contribution in [0.2, 0.25) is 0 Å². The number of hydrogen-bond acceptors (Lipinski definition) is 5. The van der Waals surface area contributed by atoms with Gasteiger partial charge >= 0.3 is 0 Å². The molecule has 1 aromatic heterocycles. The minimum absolute atomic E-state index is 0.0515. The van der Waals surface area contributed by atoms with Crippen LogP contribution in [0.15, 0.2) is 52.9 Å². The molecule has 0 unspecified atom stereocenters. The van der Waals surface area contributed by atoms with Crippen molar-refractivity contribution in [3.8, 4) is 0 Å².